The first-order valence-corrected chi connectivity index (χ1v) is 5.70. The Balaban J connectivity index is 2.12. The van der Waals surface area contributed by atoms with Gasteiger partial charge >= 0.3 is 0 Å². The van der Waals surface area contributed by atoms with Crippen LogP contribution >= 0.6 is 0 Å². The first-order chi connectivity index (χ1) is 7.88. The average Bonchev–Trinajstić information content (AvgIpc) is 2.31. The van der Waals surface area contributed by atoms with Gasteiger partial charge in [0.25, 0.3) is 0 Å². The molecule has 0 saturated heterocycles. The van der Waals surface area contributed by atoms with Gasteiger partial charge < -0.3 is 4.74 Å². The summed E-state index contributed by atoms with van der Waals surface area (Å²) in [6.45, 7) is 2.19. The molecule has 0 radical (unpaired) electrons. The van der Waals surface area contributed by atoms with E-state index in [2.05, 4.69) is 19.1 Å². The van der Waals surface area contributed by atoms with E-state index in [-0.39, 0.29) is 0 Å². The van der Waals surface area contributed by atoms with Crippen molar-refractivity contribution in [2.24, 2.45) is 0 Å². The summed E-state index contributed by atoms with van der Waals surface area (Å²) in [5, 5.41) is 0. The van der Waals surface area contributed by atoms with Crippen LogP contribution in [0.15, 0.2) is 54.6 Å². The molecule has 0 heterocycles. The van der Waals surface area contributed by atoms with E-state index in [9.17, 15) is 0 Å². The van der Waals surface area contributed by atoms with E-state index in [1.807, 2.05) is 42.5 Å². The molecule has 0 fully saturated rings. The minimum atomic E-state index is 0.885. The molecule has 0 unspecified atom stereocenters. The van der Waals surface area contributed by atoms with Crippen LogP contribution in [0.2, 0.25) is 0 Å². The quantitative estimate of drug-likeness (QED) is 0.728. The maximum Gasteiger partial charge on any atom is 0.127 e. The van der Waals surface area contributed by atoms with Gasteiger partial charge in [-0.3, -0.25) is 0 Å². The van der Waals surface area contributed by atoms with Gasteiger partial charge in [-0.25, -0.2) is 0 Å². The van der Waals surface area contributed by atoms with Crippen LogP contribution in [0.5, 0.6) is 11.5 Å². The standard InChI is InChI=1S/C15H16O/c1-2-7-13-8-6-11-15(12-13)16-14-9-4-3-5-10-14/h3-6,8-12H,2,7H2,1H3. The predicted octanol–water partition coefficient (Wildman–Crippen LogP) is 4.43. The fraction of sp³-hybridized carbons (Fsp3) is 0.200. The maximum absolute atomic E-state index is 5.77. The molecule has 2 aromatic rings. The lowest BCUT2D eigenvalue weighted by atomic mass is 10.1. The normalized spacial score (nSPS) is 10.1. The molecular weight excluding hydrogens is 196 g/mol. The Labute approximate surface area is 96.7 Å². The molecular formula is C15H16O. The fourth-order valence-corrected chi connectivity index (χ4v) is 1.68. The monoisotopic (exact) mass is 212 g/mol. The van der Waals surface area contributed by atoms with Crippen molar-refractivity contribution in [1.29, 1.82) is 0 Å². The highest BCUT2D eigenvalue weighted by atomic mass is 16.5. The van der Waals surface area contributed by atoms with E-state index in [0.717, 1.165) is 24.3 Å². The van der Waals surface area contributed by atoms with Gasteiger partial charge in [0.15, 0.2) is 0 Å². The molecule has 1 heteroatoms. The van der Waals surface area contributed by atoms with Crippen molar-refractivity contribution in [1.82, 2.24) is 0 Å². The molecule has 0 aliphatic rings. The third-order valence-electron chi connectivity index (χ3n) is 2.42. The molecule has 0 bridgehead atoms. The van der Waals surface area contributed by atoms with E-state index in [1.54, 1.807) is 0 Å². The van der Waals surface area contributed by atoms with Gasteiger partial charge in [0.05, 0.1) is 0 Å². The molecule has 0 aliphatic heterocycles. The molecule has 0 spiro atoms. The summed E-state index contributed by atoms with van der Waals surface area (Å²) in [5.41, 5.74) is 1.33. The van der Waals surface area contributed by atoms with Crippen LogP contribution in [0.4, 0.5) is 0 Å². The molecule has 2 aromatic carbocycles. The second-order valence-electron chi connectivity index (χ2n) is 3.81. The summed E-state index contributed by atoms with van der Waals surface area (Å²) >= 11 is 0. The molecule has 0 aromatic heterocycles. The number of para-hydroxylation sites is 1. The first kappa shape index (κ1) is 10.7. The second kappa shape index (κ2) is 5.36. The van der Waals surface area contributed by atoms with E-state index in [4.69, 9.17) is 4.74 Å². The molecule has 0 atom stereocenters. The summed E-state index contributed by atoms with van der Waals surface area (Å²) in [6.07, 6.45) is 2.26. The van der Waals surface area contributed by atoms with Gasteiger partial charge in [-0.2, -0.15) is 0 Å². The summed E-state index contributed by atoms with van der Waals surface area (Å²) in [6, 6.07) is 18.2. The molecule has 1 nitrogen and oxygen atoms in total. The molecule has 2 rings (SSSR count). The van der Waals surface area contributed by atoms with Crippen molar-refractivity contribution in [3.8, 4) is 11.5 Å². The Morgan fingerprint density at radius 3 is 2.38 bits per heavy atom. The highest BCUT2D eigenvalue weighted by Crippen LogP contribution is 2.22. The van der Waals surface area contributed by atoms with Crippen LogP contribution in [-0.2, 0) is 6.42 Å². The van der Waals surface area contributed by atoms with Gasteiger partial charge in [0, 0.05) is 0 Å². The summed E-state index contributed by atoms with van der Waals surface area (Å²) in [5.74, 6) is 1.80. The summed E-state index contributed by atoms with van der Waals surface area (Å²) in [7, 11) is 0. The van der Waals surface area contributed by atoms with Gasteiger partial charge in [-0.1, -0.05) is 43.7 Å². The molecule has 16 heavy (non-hydrogen) atoms. The molecule has 0 aliphatic carbocycles. The second-order valence-corrected chi connectivity index (χ2v) is 3.81. The minimum absolute atomic E-state index is 0.885. The van der Waals surface area contributed by atoms with Crippen LogP contribution in [0.1, 0.15) is 18.9 Å². The van der Waals surface area contributed by atoms with Crippen molar-refractivity contribution in [3.63, 3.8) is 0 Å². The number of ether oxygens (including phenoxy) is 1. The minimum Gasteiger partial charge on any atom is -0.457 e. The van der Waals surface area contributed by atoms with E-state index >= 15 is 0 Å². The number of hydrogen-bond acceptors (Lipinski definition) is 1. The third kappa shape index (κ3) is 2.86. The smallest absolute Gasteiger partial charge is 0.127 e. The summed E-state index contributed by atoms with van der Waals surface area (Å²) in [4.78, 5) is 0. The van der Waals surface area contributed by atoms with Crippen LogP contribution in [0.25, 0.3) is 0 Å². The van der Waals surface area contributed by atoms with Gasteiger partial charge in [0.1, 0.15) is 11.5 Å². The highest BCUT2D eigenvalue weighted by Gasteiger charge is 1.97. The fourth-order valence-electron chi connectivity index (χ4n) is 1.68. The van der Waals surface area contributed by atoms with Gasteiger partial charge in [-0.05, 0) is 36.2 Å². The Morgan fingerprint density at radius 2 is 1.62 bits per heavy atom. The van der Waals surface area contributed by atoms with Crippen LogP contribution in [0.3, 0.4) is 0 Å². The largest absolute Gasteiger partial charge is 0.457 e. The van der Waals surface area contributed by atoms with Crippen LogP contribution in [-0.4, -0.2) is 0 Å². The zero-order chi connectivity index (χ0) is 11.2. The van der Waals surface area contributed by atoms with Crippen molar-refractivity contribution >= 4 is 0 Å². The van der Waals surface area contributed by atoms with E-state index in [1.165, 1.54) is 5.56 Å². The average molecular weight is 212 g/mol. The lowest BCUT2D eigenvalue weighted by Crippen LogP contribution is -1.87. The topological polar surface area (TPSA) is 9.23 Å². The van der Waals surface area contributed by atoms with E-state index < -0.39 is 0 Å². The number of aryl methyl sites for hydroxylation is 1. The molecule has 0 N–H and O–H groups in total. The van der Waals surface area contributed by atoms with Crippen molar-refractivity contribution in [2.45, 2.75) is 19.8 Å². The molecule has 0 saturated carbocycles. The SMILES string of the molecule is CCCc1cccc(Oc2ccccc2)c1. The third-order valence-corrected chi connectivity index (χ3v) is 2.42. The zero-order valence-electron chi connectivity index (χ0n) is 9.52. The maximum atomic E-state index is 5.77. The first-order valence-electron chi connectivity index (χ1n) is 5.70. The molecule has 82 valence electrons. The van der Waals surface area contributed by atoms with Crippen molar-refractivity contribution < 1.29 is 4.74 Å². The Hall–Kier alpha value is -1.76. The van der Waals surface area contributed by atoms with Crippen molar-refractivity contribution in [3.05, 3.63) is 60.2 Å². The Morgan fingerprint density at radius 1 is 0.875 bits per heavy atom. The zero-order valence-corrected chi connectivity index (χ0v) is 9.52. The lowest BCUT2D eigenvalue weighted by molar-refractivity contribution is 0.482. The van der Waals surface area contributed by atoms with Crippen molar-refractivity contribution in [2.75, 3.05) is 0 Å². The van der Waals surface area contributed by atoms with Gasteiger partial charge in [0.2, 0.25) is 0 Å². The predicted molar refractivity (Wildman–Crippen MR) is 67.0 cm³/mol. The van der Waals surface area contributed by atoms with Gasteiger partial charge in [-0.15, -0.1) is 0 Å². The van der Waals surface area contributed by atoms with E-state index in [0.29, 0.717) is 0 Å². The number of rotatable bonds is 4. The Bertz CT molecular complexity index is 434. The van der Waals surface area contributed by atoms with Crippen LogP contribution in [0, 0.1) is 0 Å². The lowest BCUT2D eigenvalue weighted by Gasteiger charge is -2.06. The Kier molecular flexibility index (Phi) is 3.60. The number of benzene rings is 2. The number of hydrogen-bond donors (Lipinski definition) is 0. The highest BCUT2D eigenvalue weighted by molar-refractivity contribution is 5.33. The van der Waals surface area contributed by atoms with Crippen LogP contribution < -0.4 is 4.74 Å². The summed E-state index contributed by atoms with van der Waals surface area (Å²) < 4.78 is 5.77. The molecule has 0 amide bonds.